The van der Waals surface area contributed by atoms with Crippen LogP contribution in [0.3, 0.4) is 0 Å². The van der Waals surface area contributed by atoms with Crippen LogP contribution in [0, 0.1) is 6.92 Å². The molecule has 0 bridgehead atoms. The Hall–Kier alpha value is -1.84. The van der Waals surface area contributed by atoms with Gasteiger partial charge < -0.3 is 9.26 Å². The molecule has 84 valence electrons. The predicted molar refractivity (Wildman–Crippen MR) is 60.2 cm³/mol. The van der Waals surface area contributed by atoms with E-state index < -0.39 is 0 Å². The summed E-state index contributed by atoms with van der Waals surface area (Å²) in [6, 6.07) is 5.85. The van der Waals surface area contributed by atoms with Crippen LogP contribution in [0.25, 0.3) is 11.4 Å². The number of aryl methyl sites for hydroxylation is 1. The van der Waals surface area contributed by atoms with E-state index in [1.54, 1.807) is 0 Å². The van der Waals surface area contributed by atoms with Gasteiger partial charge in [0, 0.05) is 5.56 Å². The molecule has 2 aromatic rings. The molecular weight excluding hydrogens is 204 g/mol. The average molecular weight is 218 g/mol. The van der Waals surface area contributed by atoms with Crippen LogP contribution in [0.4, 0.5) is 0 Å². The number of hydrogen-bond donors (Lipinski definition) is 0. The summed E-state index contributed by atoms with van der Waals surface area (Å²) >= 11 is 0. The zero-order chi connectivity index (χ0) is 11.5. The molecule has 1 heterocycles. The SMILES string of the molecule is Cc1cc(-c2ncon2)ccc1OC(C)C. The van der Waals surface area contributed by atoms with Crippen LogP contribution in [-0.2, 0) is 0 Å². The van der Waals surface area contributed by atoms with E-state index in [-0.39, 0.29) is 6.10 Å². The van der Waals surface area contributed by atoms with Crippen molar-refractivity contribution in [2.45, 2.75) is 26.9 Å². The Morgan fingerprint density at radius 1 is 1.31 bits per heavy atom. The summed E-state index contributed by atoms with van der Waals surface area (Å²) in [5, 5.41) is 3.79. The summed E-state index contributed by atoms with van der Waals surface area (Å²) in [6.45, 7) is 6.01. The topological polar surface area (TPSA) is 48.2 Å². The molecule has 0 aliphatic rings. The summed E-state index contributed by atoms with van der Waals surface area (Å²) in [6.07, 6.45) is 1.50. The van der Waals surface area contributed by atoms with Gasteiger partial charge in [-0.3, -0.25) is 0 Å². The molecule has 1 aromatic heterocycles. The molecule has 1 aromatic carbocycles. The van der Waals surface area contributed by atoms with Gasteiger partial charge in [0.1, 0.15) is 5.75 Å². The first-order valence-electron chi connectivity index (χ1n) is 5.21. The molecular formula is C12H14N2O2. The molecule has 2 rings (SSSR count). The van der Waals surface area contributed by atoms with Gasteiger partial charge in [-0.1, -0.05) is 5.16 Å². The smallest absolute Gasteiger partial charge is 0.214 e. The number of benzene rings is 1. The second-order valence-electron chi connectivity index (χ2n) is 3.90. The van der Waals surface area contributed by atoms with Crippen molar-refractivity contribution in [2.24, 2.45) is 0 Å². The highest BCUT2D eigenvalue weighted by atomic mass is 16.5. The summed E-state index contributed by atoms with van der Waals surface area (Å²) in [4.78, 5) is 4.00. The summed E-state index contributed by atoms with van der Waals surface area (Å²) in [5.41, 5.74) is 2.00. The highest BCUT2D eigenvalue weighted by Crippen LogP contribution is 2.24. The molecule has 4 nitrogen and oxygen atoms in total. The van der Waals surface area contributed by atoms with Gasteiger partial charge in [-0.05, 0) is 44.5 Å². The van der Waals surface area contributed by atoms with Crippen molar-refractivity contribution in [1.82, 2.24) is 10.1 Å². The van der Waals surface area contributed by atoms with Crippen molar-refractivity contribution in [2.75, 3.05) is 0 Å². The van der Waals surface area contributed by atoms with E-state index in [1.165, 1.54) is 6.39 Å². The lowest BCUT2D eigenvalue weighted by Gasteiger charge is -2.12. The molecule has 4 heteroatoms. The summed E-state index contributed by atoms with van der Waals surface area (Å²) in [7, 11) is 0. The first kappa shape index (κ1) is 10.7. The van der Waals surface area contributed by atoms with E-state index in [1.807, 2.05) is 39.0 Å². The standard InChI is InChI=1S/C12H14N2O2/c1-8(2)16-11-5-4-10(6-9(11)3)12-13-7-15-14-12/h4-8H,1-3H3. The molecule has 0 aliphatic carbocycles. The van der Waals surface area contributed by atoms with Gasteiger partial charge >= 0.3 is 0 Å². The predicted octanol–water partition coefficient (Wildman–Crippen LogP) is 2.83. The number of hydrogen-bond acceptors (Lipinski definition) is 4. The minimum atomic E-state index is 0.176. The van der Waals surface area contributed by atoms with Crippen molar-refractivity contribution >= 4 is 0 Å². The Balaban J connectivity index is 2.29. The van der Waals surface area contributed by atoms with Crippen LogP contribution >= 0.6 is 0 Å². The fraction of sp³-hybridized carbons (Fsp3) is 0.333. The number of aromatic nitrogens is 2. The highest BCUT2D eigenvalue weighted by molar-refractivity contribution is 5.57. The minimum absolute atomic E-state index is 0.176. The third-order valence-corrected chi connectivity index (χ3v) is 2.16. The maximum absolute atomic E-state index is 5.65. The van der Waals surface area contributed by atoms with Gasteiger partial charge in [0.15, 0.2) is 0 Å². The maximum atomic E-state index is 5.65. The normalized spacial score (nSPS) is 10.8. The molecule has 16 heavy (non-hydrogen) atoms. The molecule has 0 saturated carbocycles. The maximum Gasteiger partial charge on any atom is 0.214 e. The Kier molecular flexibility index (Phi) is 2.90. The van der Waals surface area contributed by atoms with Crippen molar-refractivity contribution < 1.29 is 9.26 Å². The van der Waals surface area contributed by atoms with Crippen molar-refractivity contribution in [3.63, 3.8) is 0 Å². The van der Waals surface area contributed by atoms with Crippen molar-refractivity contribution in [3.8, 4) is 17.1 Å². The van der Waals surface area contributed by atoms with Gasteiger partial charge in [0.05, 0.1) is 6.10 Å². The zero-order valence-corrected chi connectivity index (χ0v) is 9.60. The first-order valence-corrected chi connectivity index (χ1v) is 5.21. The Morgan fingerprint density at radius 3 is 2.69 bits per heavy atom. The van der Waals surface area contributed by atoms with Crippen LogP contribution < -0.4 is 4.74 Å². The molecule has 0 spiro atoms. The number of ether oxygens (including phenoxy) is 1. The second-order valence-corrected chi connectivity index (χ2v) is 3.90. The monoisotopic (exact) mass is 218 g/mol. The van der Waals surface area contributed by atoms with Crippen LogP contribution in [0.1, 0.15) is 19.4 Å². The van der Waals surface area contributed by atoms with Crippen LogP contribution in [-0.4, -0.2) is 16.2 Å². The highest BCUT2D eigenvalue weighted by Gasteiger charge is 2.07. The lowest BCUT2D eigenvalue weighted by Crippen LogP contribution is -2.06. The molecule has 0 aliphatic heterocycles. The Bertz CT molecular complexity index is 464. The summed E-state index contributed by atoms with van der Waals surface area (Å²) in [5.74, 6) is 1.49. The molecule has 0 atom stereocenters. The van der Waals surface area contributed by atoms with E-state index in [9.17, 15) is 0 Å². The van der Waals surface area contributed by atoms with E-state index in [2.05, 4.69) is 10.1 Å². The molecule has 0 saturated heterocycles. The second kappa shape index (κ2) is 4.35. The first-order chi connectivity index (χ1) is 7.66. The lowest BCUT2D eigenvalue weighted by molar-refractivity contribution is 0.241. The van der Waals surface area contributed by atoms with Gasteiger partial charge in [0.25, 0.3) is 0 Å². The zero-order valence-electron chi connectivity index (χ0n) is 9.60. The molecule has 0 N–H and O–H groups in total. The average Bonchev–Trinajstić information content (AvgIpc) is 2.73. The quantitative estimate of drug-likeness (QED) is 0.794. The van der Waals surface area contributed by atoms with Crippen LogP contribution in [0.2, 0.25) is 0 Å². The van der Waals surface area contributed by atoms with E-state index in [0.29, 0.717) is 5.82 Å². The molecule has 0 amide bonds. The van der Waals surface area contributed by atoms with Gasteiger partial charge in [0.2, 0.25) is 12.2 Å². The third-order valence-electron chi connectivity index (χ3n) is 2.16. The van der Waals surface area contributed by atoms with E-state index >= 15 is 0 Å². The van der Waals surface area contributed by atoms with Gasteiger partial charge in [-0.2, -0.15) is 4.98 Å². The molecule has 0 unspecified atom stereocenters. The summed E-state index contributed by atoms with van der Waals surface area (Å²) < 4.78 is 10.4. The van der Waals surface area contributed by atoms with Gasteiger partial charge in [-0.25, -0.2) is 0 Å². The van der Waals surface area contributed by atoms with Crippen LogP contribution in [0.15, 0.2) is 29.1 Å². The number of nitrogens with zero attached hydrogens (tertiary/aromatic N) is 2. The number of rotatable bonds is 3. The van der Waals surface area contributed by atoms with Crippen molar-refractivity contribution in [3.05, 3.63) is 30.2 Å². The Morgan fingerprint density at radius 2 is 2.12 bits per heavy atom. The fourth-order valence-corrected chi connectivity index (χ4v) is 1.47. The Labute approximate surface area is 94.2 Å². The fourth-order valence-electron chi connectivity index (χ4n) is 1.47. The van der Waals surface area contributed by atoms with Crippen molar-refractivity contribution in [1.29, 1.82) is 0 Å². The van der Waals surface area contributed by atoms with Crippen LogP contribution in [0.5, 0.6) is 5.75 Å². The largest absolute Gasteiger partial charge is 0.491 e. The van der Waals surface area contributed by atoms with E-state index in [0.717, 1.165) is 16.9 Å². The lowest BCUT2D eigenvalue weighted by atomic mass is 10.1. The minimum Gasteiger partial charge on any atom is -0.491 e. The molecule has 0 fully saturated rings. The van der Waals surface area contributed by atoms with Gasteiger partial charge in [-0.15, -0.1) is 0 Å². The third kappa shape index (κ3) is 2.21. The molecule has 0 radical (unpaired) electrons. The van der Waals surface area contributed by atoms with E-state index in [4.69, 9.17) is 9.26 Å².